The molecule has 0 amide bonds. The first-order valence-electron chi connectivity index (χ1n) is 2.60. The van der Waals surface area contributed by atoms with Gasteiger partial charge in [0.1, 0.15) is 12.7 Å². The quantitative estimate of drug-likeness (QED) is 0.382. The highest BCUT2D eigenvalue weighted by atomic mass is 16.3. The summed E-state index contributed by atoms with van der Waals surface area (Å²) in [5.41, 5.74) is 0. The molecule has 0 fully saturated rings. The van der Waals surface area contributed by atoms with Crippen LogP contribution in [0.15, 0.2) is 0 Å². The number of aliphatic hydroxyl groups is 3. The summed E-state index contributed by atoms with van der Waals surface area (Å²) in [6.45, 7) is -1.74. The first kappa shape index (κ1) is 9.22. The molecule has 0 aromatic rings. The zero-order chi connectivity index (χ0) is 8.15. The second kappa shape index (κ2) is 4.10. The highest BCUT2D eigenvalue weighted by molar-refractivity contribution is 6.39. The third-order valence-electron chi connectivity index (χ3n) is 0.894. The molecule has 1 atom stereocenters. The third kappa shape index (κ3) is 2.22. The molecule has 0 bridgehead atoms. The maximum absolute atomic E-state index is 10.4. The molecule has 58 valence electrons. The number of ketones is 2. The standard InChI is InChI=1S/C5H8O5/c6-1-3(8)5(10)4(9)2-7/h3,6-8H,1-2H2/t3-/m0/s1. The molecule has 0 aliphatic rings. The molecule has 0 radical (unpaired) electrons. The number of carbonyl (C=O) groups excluding carboxylic acids is 2. The van der Waals surface area contributed by atoms with E-state index in [9.17, 15) is 9.59 Å². The van der Waals surface area contributed by atoms with E-state index in [2.05, 4.69) is 0 Å². The number of carbonyl (C=O) groups is 2. The molecule has 0 saturated heterocycles. The van der Waals surface area contributed by atoms with Gasteiger partial charge in [0, 0.05) is 0 Å². The Bertz CT molecular complexity index is 141. The maximum Gasteiger partial charge on any atom is 0.231 e. The first-order chi connectivity index (χ1) is 4.63. The Labute approximate surface area is 56.9 Å². The molecular formula is C5H8O5. The van der Waals surface area contributed by atoms with Gasteiger partial charge in [-0.2, -0.15) is 0 Å². The van der Waals surface area contributed by atoms with Crippen LogP contribution in [-0.4, -0.2) is 46.2 Å². The lowest BCUT2D eigenvalue weighted by Gasteiger charge is -2.01. The zero-order valence-corrected chi connectivity index (χ0v) is 5.15. The van der Waals surface area contributed by atoms with E-state index in [1.165, 1.54) is 0 Å². The van der Waals surface area contributed by atoms with Crippen molar-refractivity contribution in [1.29, 1.82) is 0 Å². The van der Waals surface area contributed by atoms with Crippen molar-refractivity contribution in [1.82, 2.24) is 0 Å². The molecule has 0 heterocycles. The average Bonchev–Trinajstić information content (AvgIpc) is 2.00. The normalized spacial score (nSPS) is 12.7. The van der Waals surface area contributed by atoms with Crippen LogP contribution in [-0.2, 0) is 9.59 Å². The van der Waals surface area contributed by atoms with Crippen LogP contribution >= 0.6 is 0 Å². The van der Waals surface area contributed by atoms with Gasteiger partial charge in [0.25, 0.3) is 0 Å². The topological polar surface area (TPSA) is 94.8 Å². The molecule has 5 heteroatoms. The number of hydrogen-bond acceptors (Lipinski definition) is 5. The third-order valence-corrected chi connectivity index (χ3v) is 0.894. The molecule has 10 heavy (non-hydrogen) atoms. The summed E-state index contributed by atoms with van der Waals surface area (Å²) in [7, 11) is 0. The van der Waals surface area contributed by atoms with Gasteiger partial charge in [-0.15, -0.1) is 0 Å². The number of aliphatic hydroxyl groups excluding tert-OH is 3. The molecule has 0 aliphatic heterocycles. The van der Waals surface area contributed by atoms with Crippen LogP contribution in [0, 0.1) is 0 Å². The fourth-order valence-corrected chi connectivity index (χ4v) is 0.347. The molecule has 0 aliphatic carbocycles. The first-order valence-corrected chi connectivity index (χ1v) is 2.60. The Morgan fingerprint density at radius 2 is 1.80 bits per heavy atom. The molecule has 0 saturated carbocycles. The van der Waals surface area contributed by atoms with Crippen molar-refractivity contribution >= 4 is 11.6 Å². The minimum atomic E-state index is -1.69. The monoisotopic (exact) mass is 148 g/mol. The summed E-state index contributed by atoms with van der Waals surface area (Å²) < 4.78 is 0. The van der Waals surface area contributed by atoms with Crippen LogP contribution in [0.3, 0.4) is 0 Å². The van der Waals surface area contributed by atoms with Crippen LogP contribution in [0.25, 0.3) is 0 Å². The molecule has 0 spiro atoms. The van der Waals surface area contributed by atoms with Crippen molar-refractivity contribution in [3.05, 3.63) is 0 Å². The lowest BCUT2D eigenvalue weighted by atomic mass is 10.2. The number of rotatable bonds is 4. The van der Waals surface area contributed by atoms with Crippen molar-refractivity contribution in [2.75, 3.05) is 13.2 Å². The molecule has 0 aromatic heterocycles. The van der Waals surface area contributed by atoms with E-state index in [0.717, 1.165) is 0 Å². The summed E-state index contributed by atoms with van der Waals surface area (Å²) >= 11 is 0. The fraction of sp³-hybridized carbons (Fsp3) is 0.600. The smallest absolute Gasteiger partial charge is 0.231 e. The van der Waals surface area contributed by atoms with E-state index in [1.807, 2.05) is 0 Å². The fourth-order valence-electron chi connectivity index (χ4n) is 0.347. The lowest BCUT2D eigenvalue weighted by Crippen LogP contribution is -2.32. The summed E-state index contributed by atoms with van der Waals surface area (Å²) in [5, 5.41) is 24.7. The molecule has 0 rings (SSSR count). The molecule has 5 nitrogen and oxygen atoms in total. The Hall–Kier alpha value is -0.780. The van der Waals surface area contributed by atoms with Crippen molar-refractivity contribution in [2.45, 2.75) is 6.10 Å². The van der Waals surface area contributed by atoms with Gasteiger partial charge in [-0.3, -0.25) is 9.59 Å². The van der Waals surface area contributed by atoms with Gasteiger partial charge in [0.15, 0.2) is 0 Å². The zero-order valence-electron chi connectivity index (χ0n) is 5.15. The van der Waals surface area contributed by atoms with Crippen LogP contribution in [0.1, 0.15) is 0 Å². The molecule has 0 unspecified atom stereocenters. The Kier molecular flexibility index (Phi) is 3.78. The number of Topliss-reactive ketones (excluding diaryl/α,β-unsaturated/α-hetero) is 2. The summed E-state index contributed by atoms with van der Waals surface area (Å²) in [6.07, 6.45) is -1.69. The minimum absolute atomic E-state index is 0.801. The molecular weight excluding hydrogens is 140 g/mol. The van der Waals surface area contributed by atoms with Gasteiger partial charge in [0.2, 0.25) is 11.6 Å². The Morgan fingerprint density at radius 1 is 1.30 bits per heavy atom. The van der Waals surface area contributed by atoms with Crippen molar-refractivity contribution in [3.8, 4) is 0 Å². The van der Waals surface area contributed by atoms with Gasteiger partial charge >= 0.3 is 0 Å². The van der Waals surface area contributed by atoms with Gasteiger partial charge in [-0.25, -0.2) is 0 Å². The summed E-state index contributed by atoms with van der Waals surface area (Å²) in [5.74, 6) is -2.26. The van der Waals surface area contributed by atoms with E-state index in [4.69, 9.17) is 15.3 Å². The number of hydrogen-bond donors (Lipinski definition) is 3. The highest BCUT2D eigenvalue weighted by Gasteiger charge is 2.20. The van der Waals surface area contributed by atoms with Crippen molar-refractivity contribution < 1.29 is 24.9 Å². The minimum Gasteiger partial charge on any atom is -0.393 e. The van der Waals surface area contributed by atoms with E-state index in [0.29, 0.717) is 0 Å². The van der Waals surface area contributed by atoms with Gasteiger partial charge in [0.05, 0.1) is 6.61 Å². The highest BCUT2D eigenvalue weighted by Crippen LogP contribution is 1.85. The van der Waals surface area contributed by atoms with E-state index in [1.54, 1.807) is 0 Å². The predicted octanol–water partition coefficient (Wildman–Crippen LogP) is -2.53. The van der Waals surface area contributed by atoms with Gasteiger partial charge < -0.3 is 15.3 Å². The van der Waals surface area contributed by atoms with Crippen LogP contribution in [0.4, 0.5) is 0 Å². The largest absolute Gasteiger partial charge is 0.393 e. The van der Waals surface area contributed by atoms with Crippen molar-refractivity contribution in [2.24, 2.45) is 0 Å². The summed E-state index contributed by atoms with van der Waals surface area (Å²) in [6, 6.07) is 0. The summed E-state index contributed by atoms with van der Waals surface area (Å²) in [4.78, 5) is 20.6. The predicted molar refractivity (Wildman–Crippen MR) is 30.2 cm³/mol. The van der Waals surface area contributed by atoms with E-state index >= 15 is 0 Å². The van der Waals surface area contributed by atoms with Crippen molar-refractivity contribution in [3.63, 3.8) is 0 Å². The van der Waals surface area contributed by atoms with Gasteiger partial charge in [-0.05, 0) is 0 Å². The lowest BCUT2D eigenvalue weighted by molar-refractivity contribution is -0.144. The average molecular weight is 148 g/mol. The molecule has 0 aromatic carbocycles. The maximum atomic E-state index is 10.4. The second-order valence-corrected chi connectivity index (χ2v) is 1.64. The van der Waals surface area contributed by atoms with E-state index < -0.39 is 30.9 Å². The Balaban J connectivity index is 3.95. The van der Waals surface area contributed by atoms with Gasteiger partial charge in [-0.1, -0.05) is 0 Å². The van der Waals surface area contributed by atoms with Crippen LogP contribution in [0.5, 0.6) is 0 Å². The van der Waals surface area contributed by atoms with E-state index in [-0.39, 0.29) is 0 Å². The molecule has 3 N–H and O–H groups in total. The van der Waals surface area contributed by atoms with Crippen LogP contribution < -0.4 is 0 Å². The second-order valence-electron chi connectivity index (χ2n) is 1.64. The Morgan fingerprint density at radius 3 is 2.10 bits per heavy atom. The van der Waals surface area contributed by atoms with Crippen LogP contribution in [0.2, 0.25) is 0 Å². The SMILES string of the molecule is O=C(CO)C(=O)[C@@H](O)CO.